The molecule has 0 fully saturated rings. The van der Waals surface area contributed by atoms with E-state index in [4.69, 9.17) is 0 Å². The van der Waals surface area contributed by atoms with Gasteiger partial charge >= 0.3 is 5.97 Å². The lowest BCUT2D eigenvalue weighted by Gasteiger charge is -2.35. The number of carboxylic acid groups (broad SMARTS) is 1. The Morgan fingerprint density at radius 2 is 2.15 bits per heavy atom. The Hall–Kier alpha value is -1.58. The van der Waals surface area contributed by atoms with Crippen LogP contribution >= 0.6 is 0 Å². The van der Waals surface area contributed by atoms with E-state index in [1.54, 1.807) is 19.9 Å². The number of aliphatic carboxylic acids is 1. The van der Waals surface area contributed by atoms with Crippen molar-refractivity contribution in [1.82, 2.24) is 0 Å². The van der Waals surface area contributed by atoms with E-state index in [9.17, 15) is 14.3 Å². The minimum absolute atomic E-state index is 0.0352. The van der Waals surface area contributed by atoms with E-state index in [1.165, 1.54) is 6.07 Å². The summed E-state index contributed by atoms with van der Waals surface area (Å²) in [6, 6.07) is 5.36. The van der Waals surface area contributed by atoms with Crippen LogP contribution in [0.25, 0.3) is 0 Å². The SMILES string of the molecule is CC(C)N1c2cccc(F)c2CC1CC(C)(C)C(=O)O. The van der Waals surface area contributed by atoms with Crippen LogP contribution in [-0.4, -0.2) is 23.2 Å². The zero-order valence-corrected chi connectivity index (χ0v) is 12.5. The second-order valence-corrected chi connectivity index (χ2v) is 6.49. The van der Waals surface area contributed by atoms with Crippen LogP contribution in [0.15, 0.2) is 18.2 Å². The highest BCUT2D eigenvalue weighted by molar-refractivity contribution is 5.74. The normalized spacial score (nSPS) is 18.5. The van der Waals surface area contributed by atoms with Gasteiger partial charge in [-0.2, -0.15) is 0 Å². The number of benzene rings is 1. The minimum atomic E-state index is -0.809. The monoisotopic (exact) mass is 279 g/mol. The Morgan fingerprint density at radius 3 is 2.70 bits per heavy atom. The first-order valence-corrected chi connectivity index (χ1v) is 7.03. The molecule has 0 saturated carbocycles. The van der Waals surface area contributed by atoms with Gasteiger partial charge < -0.3 is 10.0 Å². The van der Waals surface area contributed by atoms with Crippen molar-refractivity contribution in [1.29, 1.82) is 0 Å². The second-order valence-electron chi connectivity index (χ2n) is 6.49. The van der Waals surface area contributed by atoms with Gasteiger partial charge in [0.25, 0.3) is 0 Å². The topological polar surface area (TPSA) is 40.5 Å². The molecule has 4 heteroatoms. The third kappa shape index (κ3) is 2.51. The highest BCUT2D eigenvalue weighted by atomic mass is 19.1. The first-order valence-electron chi connectivity index (χ1n) is 7.03. The number of nitrogens with zero attached hydrogens (tertiary/aromatic N) is 1. The molecular formula is C16H22FNO2. The smallest absolute Gasteiger partial charge is 0.309 e. The van der Waals surface area contributed by atoms with Crippen LogP contribution in [-0.2, 0) is 11.2 Å². The van der Waals surface area contributed by atoms with Gasteiger partial charge in [0.1, 0.15) is 5.82 Å². The zero-order chi connectivity index (χ0) is 15.1. The van der Waals surface area contributed by atoms with Crippen LogP contribution in [0.4, 0.5) is 10.1 Å². The highest BCUT2D eigenvalue weighted by Crippen LogP contribution is 2.39. The standard InChI is InChI=1S/C16H22FNO2/c1-10(2)18-11(9-16(3,4)15(19)20)8-12-13(17)6-5-7-14(12)18/h5-7,10-11H,8-9H2,1-4H3,(H,19,20). The van der Waals surface area contributed by atoms with E-state index >= 15 is 0 Å². The first-order chi connectivity index (χ1) is 9.24. The summed E-state index contributed by atoms with van der Waals surface area (Å²) in [6.07, 6.45) is 1.09. The van der Waals surface area contributed by atoms with Crippen molar-refractivity contribution in [2.24, 2.45) is 5.41 Å². The number of halogens is 1. The number of carboxylic acids is 1. The third-order valence-corrected chi connectivity index (χ3v) is 4.09. The van der Waals surface area contributed by atoms with Crippen LogP contribution in [0, 0.1) is 11.2 Å². The first kappa shape index (κ1) is 14.8. The number of fused-ring (bicyclic) bond motifs is 1. The molecule has 0 aromatic heterocycles. The average Bonchev–Trinajstić information content (AvgIpc) is 2.67. The number of rotatable bonds is 4. The maximum Gasteiger partial charge on any atom is 0.309 e. The fraction of sp³-hybridized carbons (Fsp3) is 0.562. The van der Waals surface area contributed by atoms with Crippen LogP contribution in [0.1, 0.15) is 39.7 Å². The number of hydrogen-bond donors (Lipinski definition) is 1. The van der Waals surface area contributed by atoms with Crippen LogP contribution < -0.4 is 4.90 Å². The summed E-state index contributed by atoms with van der Waals surface area (Å²) in [6.45, 7) is 7.57. The average molecular weight is 279 g/mol. The molecule has 110 valence electrons. The third-order valence-electron chi connectivity index (χ3n) is 4.09. The van der Waals surface area contributed by atoms with Gasteiger partial charge in [-0.05, 0) is 52.7 Å². The Balaban J connectivity index is 2.33. The molecular weight excluding hydrogens is 257 g/mol. The lowest BCUT2D eigenvalue weighted by atomic mass is 9.84. The molecule has 0 radical (unpaired) electrons. The second kappa shape index (κ2) is 5.08. The molecule has 2 rings (SSSR count). The zero-order valence-electron chi connectivity index (χ0n) is 12.5. The van der Waals surface area contributed by atoms with E-state index in [2.05, 4.69) is 18.7 Å². The van der Waals surface area contributed by atoms with E-state index in [0.29, 0.717) is 18.4 Å². The highest BCUT2D eigenvalue weighted by Gasteiger charge is 2.39. The number of hydrogen-bond acceptors (Lipinski definition) is 2. The summed E-state index contributed by atoms with van der Waals surface area (Å²) in [5.41, 5.74) is 0.814. The van der Waals surface area contributed by atoms with Gasteiger partial charge in [0.2, 0.25) is 0 Å². The summed E-state index contributed by atoms with van der Waals surface area (Å²) in [4.78, 5) is 13.5. The summed E-state index contributed by atoms with van der Waals surface area (Å²) < 4.78 is 13.9. The van der Waals surface area contributed by atoms with Gasteiger partial charge in [-0.25, -0.2) is 4.39 Å². The van der Waals surface area contributed by atoms with Gasteiger partial charge in [0.15, 0.2) is 0 Å². The molecule has 1 aromatic rings. The number of anilines is 1. The molecule has 1 unspecified atom stereocenters. The molecule has 1 atom stereocenters. The van der Waals surface area contributed by atoms with Crippen molar-refractivity contribution >= 4 is 11.7 Å². The molecule has 1 heterocycles. The Kier molecular flexibility index (Phi) is 3.76. The minimum Gasteiger partial charge on any atom is -0.481 e. The predicted molar refractivity (Wildman–Crippen MR) is 77.5 cm³/mol. The summed E-state index contributed by atoms with van der Waals surface area (Å²) >= 11 is 0. The van der Waals surface area contributed by atoms with Gasteiger partial charge in [-0.15, -0.1) is 0 Å². The van der Waals surface area contributed by atoms with Crippen molar-refractivity contribution in [2.45, 2.75) is 52.6 Å². The van der Waals surface area contributed by atoms with Crippen molar-refractivity contribution in [2.75, 3.05) is 4.90 Å². The van der Waals surface area contributed by atoms with Gasteiger partial charge in [-0.3, -0.25) is 4.79 Å². The van der Waals surface area contributed by atoms with Crippen molar-refractivity contribution < 1.29 is 14.3 Å². The molecule has 1 aliphatic heterocycles. The molecule has 1 N–H and O–H groups in total. The van der Waals surface area contributed by atoms with Crippen LogP contribution in [0.2, 0.25) is 0 Å². The molecule has 0 amide bonds. The summed E-state index contributed by atoms with van der Waals surface area (Å²) in [5.74, 6) is -0.999. The van der Waals surface area contributed by atoms with E-state index in [-0.39, 0.29) is 17.9 Å². The number of carbonyl (C=O) groups is 1. The molecule has 0 bridgehead atoms. The summed E-state index contributed by atoms with van der Waals surface area (Å²) in [7, 11) is 0. The fourth-order valence-corrected chi connectivity index (χ4v) is 3.07. The maximum atomic E-state index is 13.9. The molecule has 0 aliphatic carbocycles. The van der Waals surface area contributed by atoms with Crippen molar-refractivity contribution in [3.05, 3.63) is 29.6 Å². The lowest BCUT2D eigenvalue weighted by molar-refractivity contribution is -0.147. The van der Waals surface area contributed by atoms with Gasteiger partial charge in [0, 0.05) is 23.3 Å². The van der Waals surface area contributed by atoms with Crippen molar-refractivity contribution in [3.63, 3.8) is 0 Å². The van der Waals surface area contributed by atoms with Crippen molar-refractivity contribution in [3.8, 4) is 0 Å². The molecule has 0 saturated heterocycles. The predicted octanol–water partition coefficient (Wildman–Crippen LogP) is 3.47. The van der Waals surface area contributed by atoms with Gasteiger partial charge in [-0.1, -0.05) is 6.07 Å². The Morgan fingerprint density at radius 1 is 1.50 bits per heavy atom. The van der Waals surface area contributed by atoms with E-state index in [0.717, 1.165) is 5.69 Å². The molecule has 20 heavy (non-hydrogen) atoms. The van der Waals surface area contributed by atoms with Crippen LogP contribution in [0.5, 0.6) is 0 Å². The largest absolute Gasteiger partial charge is 0.481 e. The van der Waals surface area contributed by atoms with E-state index in [1.807, 2.05) is 6.07 Å². The quantitative estimate of drug-likeness (QED) is 0.917. The summed E-state index contributed by atoms with van der Waals surface area (Å²) in [5, 5.41) is 9.31. The molecule has 3 nitrogen and oxygen atoms in total. The molecule has 0 spiro atoms. The van der Waals surface area contributed by atoms with E-state index < -0.39 is 11.4 Å². The fourth-order valence-electron chi connectivity index (χ4n) is 3.07. The molecule has 1 aliphatic rings. The molecule has 1 aromatic carbocycles. The van der Waals surface area contributed by atoms with Gasteiger partial charge in [0.05, 0.1) is 5.41 Å². The maximum absolute atomic E-state index is 13.9. The van der Waals surface area contributed by atoms with Crippen LogP contribution in [0.3, 0.4) is 0 Å². The Labute approximate surface area is 119 Å². The lowest BCUT2D eigenvalue weighted by Crippen LogP contribution is -2.42. The Bertz CT molecular complexity index is 525.